The van der Waals surface area contributed by atoms with Gasteiger partial charge in [0.1, 0.15) is 17.4 Å². The van der Waals surface area contributed by atoms with Crippen molar-refractivity contribution in [2.75, 3.05) is 4.90 Å². The summed E-state index contributed by atoms with van der Waals surface area (Å²) in [5, 5.41) is 20.3. The van der Waals surface area contributed by atoms with Crippen molar-refractivity contribution in [3.63, 3.8) is 0 Å². The van der Waals surface area contributed by atoms with Gasteiger partial charge in [0.2, 0.25) is 5.91 Å². The van der Waals surface area contributed by atoms with Crippen molar-refractivity contribution in [1.29, 1.82) is 0 Å². The number of amides is 1. The summed E-state index contributed by atoms with van der Waals surface area (Å²) < 4.78 is 61.1. The Balaban J connectivity index is 1.74. The molecule has 0 unspecified atom stereocenters. The number of hydrogen-bond donors (Lipinski definition) is 2. The van der Waals surface area contributed by atoms with Gasteiger partial charge < -0.3 is 15.1 Å². The van der Waals surface area contributed by atoms with E-state index in [2.05, 4.69) is 0 Å². The first-order chi connectivity index (χ1) is 16.0. The molecule has 1 saturated heterocycles. The summed E-state index contributed by atoms with van der Waals surface area (Å²) in [7, 11) is 0. The monoisotopic (exact) mass is 413 g/mol. The van der Waals surface area contributed by atoms with Crippen LogP contribution in [0, 0.1) is 17.5 Å². The number of carbonyl (C=O) groups is 1. The van der Waals surface area contributed by atoms with Crippen molar-refractivity contribution < 1.29 is 29.3 Å². The van der Waals surface area contributed by atoms with Crippen LogP contribution in [0.2, 0.25) is 0 Å². The fourth-order valence-electron chi connectivity index (χ4n) is 3.41. The van der Waals surface area contributed by atoms with Crippen LogP contribution in [-0.4, -0.2) is 16.1 Å². The Kier molecular flexibility index (Phi) is 4.28. The Labute approximate surface area is 178 Å². The highest BCUT2D eigenvalue weighted by molar-refractivity contribution is 6.03. The van der Waals surface area contributed by atoms with E-state index in [4.69, 9.17) is 4.11 Å². The molecule has 154 valence electrons. The van der Waals surface area contributed by atoms with Crippen LogP contribution < -0.4 is 4.90 Å². The average Bonchev–Trinajstić information content (AvgIpc) is 2.82. The Bertz CT molecular complexity index is 1240. The lowest BCUT2D eigenvalue weighted by Crippen LogP contribution is -2.55. The summed E-state index contributed by atoms with van der Waals surface area (Å²) in [5.74, 6) is -4.49. The molecule has 3 aromatic carbocycles. The molecular formula is C24H21F2NO3. The Morgan fingerprint density at radius 1 is 1.00 bits per heavy atom. The molecule has 0 bridgehead atoms. The zero-order valence-corrected chi connectivity index (χ0v) is 15.8. The molecular weight excluding hydrogens is 388 g/mol. The molecule has 30 heavy (non-hydrogen) atoms. The van der Waals surface area contributed by atoms with Crippen LogP contribution in [-0.2, 0) is 4.79 Å². The second kappa shape index (κ2) is 8.24. The Hall–Kier alpha value is -3.25. The van der Waals surface area contributed by atoms with E-state index in [1.54, 1.807) is 0 Å². The maximum Gasteiger partial charge on any atom is 0.233 e. The highest BCUT2D eigenvalue weighted by Gasteiger charge is 2.48. The number of aliphatic hydroxyl groups excluding tert-OH is 1. The van der Waals surface area contributed by atoms with Gasteiger partial charge in [0, 0.05) is 7.06 Å². The van der Waals surface area contributed by atoms with Gasteiger partial charge in [-0.05, 0) is 72.5 Å². The Morgan fingerprint density at radius 3 is 2.30 bits per heavy atom. The zero-order chi connectivity index (χ0) is 24.8. The number of halogens is 2. The summed E-state index contributed by atoms with van der Waals surface area (Å²) in [6.07, 6.45) is -1.54. The fraction of sp³-hybridized carbons (Fsp3) is 0.208. The molecule has 0 spiro atoms. The summed E-state index contributed by atoms with van der Waals surface area (Å²) in [6, 6.07) is 8.89. The third-order valence-electron chi connectivity index (χ3n) is 4.97. The number of hydrogen-bond acceptors (Lipinski definition) is 3. The number of anilines is 1. The second-order valence-corrected chi connectivity index (χ2v) is 6.93. The fourth-order valence-corrected chi connectivity index (χ4v) is 3.41. The number of carbonyl (C=O) groups excluding carboxylic acids is 1. The lowest BCUT2D eigenvalue weighted by Gasteiger charge is -2.48. The van der Waals surface area contributed by atoms with E-state index in [9.17, 15) is 25.2 Å². The minimum absolute atomic E-state index is 0.113. The molecule has 1 aliphatic rings. The lowest BCUT2D eigenvalue weighted by atomic mass is 9.78. The summed E-state index contributed by atoms with van der Waals surface area (Å²) in [4.78, 5) is 14.2. The number of rotatable bonds is 6. The quantitative estimate of drug-likeness (QED) is 0.566. The van der Waals surface area contributed by atoms with E-state index in [-0.39, 0.29) is 24.1 Å². The van der Waals surface area contributed by atoms with Gasteiger partial charge in [0.15, 0.2) is 0 Å². The highest BCUT2D eigenvalue weighted by atomic mass is 19.1. The topological polar surface area (TPSA) is 60.8 Å². The number of phenolic OH excluding ortho intramolecular Hbond substituents is 1. The number of nitrogens with zero attached hydrogens (tertiary/aromatic N) is 1. The molecule has 0 radical (unpaired) electrons. The van der Waals surface area contributed by atoms with Crippen molar-refractivity contribution >= 4 is 11.6 Å². The zero-order valence-electron chi connectivity index (χ0n) is 19.8. The van der Waals surface area contributed by atoms with Crippen LogP contribution >= 0.6 is 0 Å². The van der Waals surface area contributed by atoms with Gasteiger partial charge in [-0.2, -0.15) is 0 Å². The van der Waals surface area contributed by atoms with E-state index in [0.717, 1.165) is 23.1 Å². The van der Waals surface area contributed by atoms with Gasteiger partial charge in [-0.15, -0.1) is 0 Å². The maximum atomic E-state index is 13.5. The van der Waals surface area contributed by atoms with Gasteiger partial charge in [-0.25, -0.2) is 8.78 Å². The molecule has 4 rings (SSSR count). The van der Waals surface area contributed by atoms with Crippen molar-refractivity contribution in [2.24, 2.45) is 5.89 Å². The first-order valence-corrected chi connectivity index (χ1v) is 9.34. The Morgan fingerprint density at radius 2 is 1.63 bits per heavy atom. The van der Waals surface area contributed by atoms with Crippen LogP contribution in [0.4, 0.5) is 14.5 Å². The average molecular weight is 413 g/mol. The van der Waals surface area contributed by atoms with Gasteiger partial charge in [0.05, 0.1) is 22.1 Å². The van der Waals surface area contributed by atoms with E-state index < -0.39 is 53.4 Å². The van der Waals surface area contributed by atoms with Crippen LogP contribution in [0.15, 0.2) is 72.7 Å². The normalized spacial score (nSPS) is 26.2. The number of phenols is 1. The van der Waals surface area contributed by atoms with E-state index in [1.165, 1.54) is 42.5 Å². The standard InChI is InChI=1S/C24H21F2NO3/c25-17-5-1-15(2-6-17)22(29)14-13-21-23(16-3-11-20(28)12-4-16)27(24(21)30)19-9-7-18(26)8-10-19/h1-12,21-23,28-29H,13-14H2/t21-,22+,23-/m1/s1/i3D,11D,21D,23D. The van der Waals surface area contributed by atoms with Crippen LogP contribution in [0.3, 0.4) is 0 Å². The van der Waals surface area contributed by atoms with Crippen molar-refractivity contribution in [1.82, 2.24) is 0 Å². The van der Waals surface area contributed by atoms with Crippen LogP contribution in [0.25, 0.3) is 0 Å². The van der Waals surface area contributed by atoms with E-state index in [0.29, 0.717) is 5.56 Å². The summed E-state index contributed by atoms with van der Waals surface area (Å²) in [6.45, 7) is 0. The van der Waals surface area contributed by atoms with Crippen molar-refractivity contribution in [2.45, 2.75) is 25.0 Å². The van der Waals surface area contributed by atoms with Crippen LogP contribution in [0.5, 0.6) is 5.75 Å². The minimum Gasteiger partial charge on any atom is -0.508 e. The first kappa shape index (κ1) is 15.6. The summed E-state index contributed by atoms with van der Waals surface area (Å²) >= 11 is 0. The predicted molar refractivity (Wildman–Crippen MR) is 109 cm³/mol. The molecule has 3 atom stereocenters. The molecule has 0 aromatic heterocycles. The molecule has 0 aliphatic carbocycles. The molecule has 4 nitrogen and oxygen atoms in total. The molecule has 2 N–H and O–H groups in total. The molecule has 3 aromatic rings. The first-order valence-electron chi connectivity index (χ1n) is 11.3. The molecule has 1 heterocycles. The molecule has 1 amide bonds. The van der Waals surface area contributed by atoms with Gasteiger partial charge >= 0.3 is 0 Å². The predicted octanol–water partition coefficient (Wildman–Crippen LogP) is 4.89. The van der Waals surface area contributed by atoms with Gasteiger partial charge in [-0.1, -0.05) is 24.2 Å². The number of β-lactam (4-membered cyclic amide) rings is 1. The molecule has 0 saturated carbocycles. The number of aromatic hydroxyl groups is 1. The molecule has 1 fully saturated rings. The molecule has 1 aliphatic heterocycles. The van der Waals surface area contributed by atoms with Crippen molar-refractivity contribution in [3.05, 3.63) is 95.5 Å². The second-order valence-electron chi connectivity index (χ2n) is 6.93. The highest BCUT2D eigenvalue weighted by Crippen LogP contribution is 2.46. The smallest absolute Gasteiger partial charge is 0.233 e. The molecule has 6 heteroatoms. The maximum absolute atomic E-state index is 13.5. The lowest BCUT2D eigenvalue weighted by molar-refractivity contribution is -0.131. The van der Waals surface area contributed by atoms with Gasteiger partial charge in [-0.3, -0.25) is 4.79 Å². The third kappa shape index (κ3) is 3.91. The SMILES string of the molecule is [2H]c1c(O)ccc([C@@]2([2H])N(c3ccc(F)cc3)C(=O)[C@]2([2H])CC[C@H](O)c2ccc(F)cc2)c1[2H]. The third-order valence-corrected chi connectivity index (χ3v) is 4.97. The van der Waals surface area contributed by atoms with Crippen LogP contribution in [0.1, 0.15) is 41.6 Å². The van der Waals surface area contributed by atoms with E-state index >= 15 is 0 Å². The van der Waals surface area contributed by atoms with Gasteiger partial charge in [0.25, 0.3) is 0 Å². The minimum atomic E-state index is -2.20. The number of benzene rings is 3. The van der Waals surface area contributed by atoms with Crippen molar-refractivity contribution in [3.8, 4) is 5.75 Å². The largest absolute Gasteiger partial charge is 0.508 e. The number of aliphatic hydroxyl groups is 1. The van der Waals surface area contributed by atoms with E-state index in [1.807, 2.05) is 0 Å². The summed E-state index contributed by atoms with van der Waals surface area (Å²) in [5.41, 5.74) is 0.342.